The van der Waals surface area contributed by atoms with Gasteiger partial charge in [0, 0.05) is 18.8 Å². The number of hydrogen-bond donors (Lipinski definition) is 2. The van der Waals surface area contributed by atoms with Crippen molar-refractivity contribution in [3.05, 3.63) is 54.1 Å². The highest BCUT2D eigenvalue weighted by molar-refractivity contribution is 7.92. The molecule has 1 fully saturated rings. The average Bonchev–Trinajstić information content (AvgIpc) is 2.63. The summed E-state index contributed by atoms with van der Waals surface area (Å²) in [6.07, 6.45) is 2.12. The van der Waals surface area contributed by atoms with E-state index in [1.165, 1.54) is 18.2 Å². The molecular weight excluding hydrogens is 352 g/mol. The van der Waals surface area contributed by atoms with E-state index in [1.807, 2.05) is 0 Å². The SMILES string of the molecule is CC1CCN(c2ccc(NS(=O)(=O)c3ccccc3)c(C(=O)O)c2)CC1. The second kappa shape index (κ2) is 7.37. The second-order valence-corrected chi connectivity index (χ2v) is 8.31. The highest BCUT2D eigenvalue weighted by Gasteiger charge is 2.21. The molecule has 0 unspecified atom stereocenters. The van der Waals surface area contributed by atoms with Gasteiger partial charge in [0.25, 0.3) is 10.0 Å². The van der Waals surface area contributed by atoms with E-state index < -0.39 is 16.0 Å². The number of hydrogen-bond acceptors (Lipinski definition) is 4. The number of piperidine rings is 1. The molecule has 1 aliphatic heterocycles. The highest BCUT2D eigenvalue weighted by atomic mass is 32.2. The predicted molar refractivity (Wildman–Crippen MR) is 101 cm³/mol. The van der Waals surface area contributed by atoms with Crippen LogP contribution in [0.3, 0.4) is 0 Å². The molecule has 0 aliphatic carbocycles. The molecule has 6 nitrogen and oxygen atoms in total. The first-order chi connectivity index (χ1) is 12.4. The second-order valence-electron chi connectivity index (χ2n) is 6.62. The molecule has 1 saturated heterocycles. The van der Waals surface area contributed by atoms with Crippen molar-refractivity contribution in [2.45, 2.75) is 24.7 Å². The van der Waals surface area contributed by atoms with Gasteiger partial charge in [0.2, 0.25) is 0 Å². The van der Waals surface area contributed by atoms with Crippen LogP contribution in [0.4, 0.5) is 11.4 Å². The van der Waals surface area contributed by atoms with Crippen molar-refractivity contribution in [3.63, 3.8) is 0 Å². The summed E-state index contributed by atoms with van der Waals surface area (Å²) in [5.41, 5.74) is 0.813. The van der Waals surface area contributed by atoms with Gasteiger partial charge in [0.15, 0.2) is 0 Å². The molecule has 0 amide bonds. The number of anilines is 2. The van der Waals surface area contributed by atoms with E-state index in [0.29, 0.717) is 5.92 Å². The molecule has 1 heterocycles. The Morgan fingerprint density at radius 1 is 1.12 bits per heavy atom. The number of aromatic carboxylic acids is 1. The summed E-state index contributed by atoms with van der Waals surface area (Å²) in [7, 11) is -3.84. The Hall–Kier alpha value is -2.54. The predicted octanol–water partition coefficient (Wildman–Crippen LogP) is 3.42. The van der Waals surface area contributed by atoms with Gasteiger partial charge in [-0.15, -0.1) is 0 Å². The minimum absolute atomic E-state index is 0.0550. The van der Waals surface area contributed by atoms with E-state index in [1.54, 1.807) is 30.3 Å². The zero-order valence-electron chi connectivity index (χ0n) is 14.6. The van der Waals surface area contributed by atoms with Crippen molar-refractivity contribution in [2.75, 3.05) is 22.7 Å². The maximum Gasteiger partial charge on any atom is 0.337 e. The van der Waals surface area contributed by atoms with Crippen LogP contribution in [0.1, 0.15) is 30.1 Å². The molecule has 0 spiro atoms. The normalized spacial score (nSPS) is 15.7. The third kappa shape index (κ3) is 3.99. The van der Waals surface area contributed by atoms with Crippen LogP contribution >= 0.6 is 0 Å². The largest absolute Gasteiger partial charge is 0.478 e. The van der Waals surface area contributed by atoms with Gasteiger partial charge in [-0.05, 0) is 49.1 Å². The lowest BCUT2D eigenvalue weighted by atomic mass is 9.98. The van der Waals surface area contributed by atoms with Gasteiger partial charge < -0.3 is 10.0 Å². The summed E-state index contributed by atoms with van der Waals surface area (Å²) >= 11 is 0. The average molecular weight is 374 g/mol. The van der Waals surface area contributed by atoms with E-state index >= 15 is 0 Å². The van der Waals surface area contributed by atoms with Gasteiger partial charge in [-0.25, -0.2) is 13.2 Å². The Morgan fingerprint density at radius 2 is 1.77 bits per heavy atom. The minimum atomic E-state index is -3.84. The summed E-state index contributed by atoms with van der Waals surface area (Å²) < 4.78 is 27.4. The molecular formula is C19H22N2O4S. The minimum Gasteiger partial charge on any atom is -0.478 e. The number of benzene rings is 2. The molecule has 0 saturated carbocycles. The van der Waals surface area contributed by atoms with Crippen molar-refractivity contribution >= 4 is 27.4 Å². The molecule has 0 bridgehead atoms. The van der Waals surface area contributed by atoms with Gasteiger partial charge >= 0.3 is 5.97 Å². The van der Waals surface area contributed by atoms with Crippen LogP contribution in [-0.2, 0) is 10.0 Å². The first-order valence-corrected chi connectivity index (χ1v) is 10.1. The molecule has 0 aromatic heterocycles. The molecule has 3 rings (SSSR count). The molecule has 138 valence electrons. The summed E-state index contributed by atoms with van der Waals surface area (Å²) in [6.45, 7) is 3.95. The van der Waals surface area contributed by atoms with Gasteiger partial charge in [0.1, 0.15) is 0 Å². The molecule has 0 radical (unpaired) electrons. The molecule has 1 aliphatic rings. The fraction of sp³-hybridized carbons (Fsp3) is 0.316. The van der Waals surface area contributed by atoms with E-state index in [2.05, 4.69) is 16.5 Å². The standard InChI is InChI=1S/C19H22N2O4S/c1-14-9-11-21(12-10-14)15-7-8-18(17(13-15)19(22)23)20-26(24,25)16-5-3-2-4-6-16/h2-8,13-14,20H,9-12H2,1H3,(H,22,23). The zero-order valence-corrected chi connectivity index (χ0v) is 15.4. The topological polar surface area (TPSA) is 86.7 Å². The number of carboxylic acids is 1. The fourth-order valence-corrected chi connectivity index (χ4v) is 4.17. The van der Waals surface area contributed by atoms with Crippen LogP contribution in [-0.4, -0.2) is 32.6 Å². The van der Waals surface area contributed by atoms with Gasteiger partial charge in [-0.1, -0.05) is 25.1 Å². The quantitative estimate of drug-likeness (QED) is 0.837. The van der Waals surface area contributed by atoms with Gasteiger partial charge in [0.05, 0.1) is 16.1 Å². The van der Waals surface area contributed by atoms with Crippen molar-refractivity contribution in [1.82, 2.24) is 0 Å². The molecule has 2 aromatic carbocycles. The Labute approximate surface area is 153 Å². The third-order valence-corrected chi connectivity index (χ3v) is 6.06. The fourth-order valence-electron chi connectivity index (χ4n) is 3.06. The van der Waals surface area contributed by atoms with Gasteiger partial charge in [-0.2, -0.15) is 0 Å². The van der Waals surface area contributed by atoms with Crippen molar-refractivity contribution < 1.29 is 18.3 Å². The van der Waals surface area contributed by atoms with E-state index in [0.717, 1.165) is 31.6 Å². The first kappa shape index (κ1) is 18.3. The van der Waals surface area contributed by atoms with E-state index in [9.17, 15) is 18.3 Å². The van der Waals surface area contributed by atoms with Crippen molar-refractivity contribution in [1.29, 1.82) is 0 Å². The van der Waals surface area contributed by atoms with E-state index in [-0.39, 0.29) is 16.1 Å². The lowest BCUT2D eigenvalue weighted by molar-refractivity contribution is 0.0698. The lowest BCUT2D eigenvalue weighted by Crippen LogP contribution is -2.32. The van der Waals surface area contributed by atoms with Crippen molar-refractivity contribution in [3.8, 4) is 0 Å². The summed E-state index contributed by atoms with van der Waals surface area (Å²) in [6, 6.07) is 12.7. The molecule has 2 aromatic rings. The first-order valence-electron chi connectivity index (χ1n) is 8.57. The summed E-state index contributed by atoms with van der Waals surface area (Å²) in [4.78, 5) is 13.9. The highest BCUT2D eigenvalue weighted by Crippen LogP contribution is 2.28. The molecule has 2 N–H and O–H groups in total. The van der Waals surface area contributed by atoms with E-state index in [4.69, 9.17) is 0 Å². The Kier molecular flexibility index (Phi) is 5.18. The number of carbonyl (C=O) groups is 1. The van der Waals surface area contributed by atoms with Crippen LogP contribution in [0.15, 0.2) is 53.4 Å². The Morgan fingerprint density at radius 3 is 2.38 bits per heavy atom. The lowest BCUT2D eigenvalue weighted by Gasteiger charge is -2.32. The third-order valence-electron chi connectivity index (χ3n) is 4.68. The maximum absolute atomic E-state index is 12.5. The van der Waals surface area contributed by atoms with Crippen LogP contribution in [0.2, 0.25) is 0 Å². The Balaban J connectivity index is 1.89. The molecule has 0 atom stereocenters. The molecule has 26 heavy (non-hydrogen) atoms. The molecule has 7 heteroatoms. The number of carboxylic acid groups (broad SMARTS) is 1. The number of sulfonamides is 1. The number of nitrogens with one attached hydrogen (secondary N) is 1. The number of rotatable bonds is 5. The smallest absolute Gasteiger partial charge is 0.337 e. The Bertz CT molecular complexity index is 889. The monoisotopic (exact) mass is 374 g/mol. The maximum atomic E-state index is 12.5. The van der Waals surface area contributed by atoms with Gasteiger partial charge in [-0.3, -0.25) is 4.72 Å². The summed E-state index contributed by atoms with van der Waals surface area (Å²) in [5, 5.41) is 9.54. The van der Waals surface area contributed by atoms with Crippen LogP contribution in [0.25, 0.3) is 0 Å². The zero-order chi connectivity index (χ0) is 18.7. The van der Waals surface area contributed by atoms with Crippen LogP contribution in [0.5, 0.6) is 0 Å². The summed E-state index contributed by atoms with van der Waals surface area (Å²) in [5.74, 6) is -0.495. The van der Waals surface area contributed by atoms with Crippen LogP contribution in [0, 0.1) is 5.92 Å². The van der Waals surface area contributed by atoms with Crippen molar-refractivity contribution in [2.24, 2.45) is 5.92 Å². The number of nitrogens with zero attached hydrogens (tertiary/aromatic N) is 1. The van der Waals surface area contributed by atoms with Crippen LogP contribution < -0.4 is 9.62 Å².